The van der Waals surface area contributed by atoms with Gasteiger partial charge in [-0.25, -0.2) is 9.78 Å². The van der Waals surface area contributed by atoms with Crippen LogP contribution in [0.1, 0.15) is 72.3 Å². The summed E-state index contributed by atoms with van der Waals surface area (Å²) >= 11 is 0. The number of fused-ring (bicyclic) bond motifs is 1. The van der Waals surface area contributed by atoms with Gasteiger partial charge in [0.05, 0.1) is 34.2 Å². The summed E-state index contributed by atoms with van der Waals surface area (Å²) < 4.78 is 12.9. The minimum atomic E-state index is -1.05. The lowest BCUT2D eigenvalue weighted by atomic mass is 9.88. The highest BCUT2D eigenvalue weighted by Gasteiger charge is 2.24. The third-order valence-corrected chi connectivity index (χ3v) is 7.21. The van der Waals surface area contributed by atoms with E-state index in [-0.39, 0.29) is 47.4 Å². The number of benzene rings is 3. The zero-order valence-corrected chi connectivity index (χ0v) is 23.1. The number of aromatic nitrogens is 2. The van der Waals surface area contributed by atoms with Crippen LogP contribution in [0.2, 0.25) is 0 Å². The minimum Gasteiger partial charge on any atom is -0.490 e. The first-order chi connectivity index (χ1) is 20.4. The van der Waals surface area contributed by atoms with Crippen LogP contribution in [0.5, 0.6) is 11.5 Å². The molecule has 0 saturated heterocycles. The lowest BCUT2D eigenvalue weighted by Gasteiger charge is -2.22. The Morgan fingerprint density at radius 2 is 1.86 bits per heavy atom. The fourth-order valence-corrected chi connectivity index (χ4v) is 5.13. The van der Waals surface area contributed by atoms with Crippen LogP contribution >= 0.6 is 0 Å². The molecule has 1 fully saturated rings. The number of carboxylic acid groups (broad SMARTS) is 1. The summed E-state index contributed by atoms with van der Waals surface area (Å²) in [6, 6.07) is 16.1. The number of ether oxygens (including phenoxy) is 2. The van der Waals surface area contributed by atoms with E-state index in [1.807, 2.05) is 12.1 Å². The smallest absolute Gasteiger partial charge is 0.335 e. The van der Waals surface area contributed by atoms with Crippen molar-refractivity contribution < 1.29 is 24.3 Å². The van der Waals surface area contributed by atoms with E-state index in [9.17, 15) is 19.7 Å². The van der Waals surface area contributed by atoms with Gasteiger partial charge in [0.1, 0.15) is 12.4 Å². The van der Waals surface area contributed by atoms with Crippen molar-refractivity contribution in [3.05, 3.63) is 104 Å². The molecule has 1 N–H and O–H groups in total. The van der Waals surface area contributed by atoms with Crippen molar-refractivity contribution in [2.45, 2.75) is 51.6 Å². The van der Waals surface area contributed by atoms with Crippen LogP contribution in [0.3, 0.4) is 0 Å². The van der Waals surface area contributed by atoms with Crippen LogP contribution in [0.15, 0.2) is 70.6 Å². The van der Waals surface area contributed by atoms with Crippen LogP contribution in [0, 0.1) is 10.1 Å². The fraction of sp³-hybridized carbons (Fsp3) is 0.290. The van der Waals surface area contributed by atoms with Gasteiger partial charge in [-0.2, -0.15) is 9.78 Å². The second-order valence-corrected chi connectivity index (χ2v) is 10.0. The second-order valence-electron chi connectivity index (χ2n) is 10.0. The molecule has 0 aliphatic heterocycles. The SMILES string of the molecule is CCOc1cc(C=Nn2c(C3CCCCC3)nc3ccccc3c2=O)cc([N+](=O)[O-])c1OCc1ccc(C(=O)O)cc1. The first-order valence-electron chi connectivity index (χ1n) is 13.8. The summed E-state index contributed by atoms with van der Waals surface area (Å²) in [4.78, 5) is 41.0. The van der Waals surface area contributed by atoms with Crippen LogP contribution < -0.4 is 15.0 Å². The van der Waals surface area contributed by atoms with Crippen molar-refractivity contribution in [1.82, 2.24) is 9.66 Å². The number of aromatic carboxylic acids is 1. The molecule has 3 aromatic carbocycles. The Balaban J connectivity index is 1.52. The molecular weight excluding hydrogens is 540 g/mol. The van der Waals surface area contributed by atoms with Gasteiger partial charge >= 0.3 is 11.7 Å². The summed E-state index contributed by atoms with van der Waals surface area (Å²) in [6.07, 6.45) is 6.45. The highest BCUT2D eigenvalue weighted by molar-refractivity contribution is 5.87. The number of rotatable bonds is 10. The molecule has 4 aromatic rings. The van der Waals surface area contributed by atoms with Crippen molar-refractivity contribution in [2.24, 2.45) is 5.10 Å². The minimum absolute atomic E-state index is 0.0445. The van der Waals surface area contributed by atoms with E-state index in [1.165, 1.54) is 29.1 Å². The maximum absolute atomic E-state index is 13.5. The quantitative estimate of drug-likeness (QED) is 0.141. The average molecular weight is 571 g/mol. The van der Waals surface area contributed by atoms with E-state index in [0.29, 0.717) is 27.9 Å². The second kappa shape index (κ2) is 12.6. The third kappa shape index (κ3) is 6.14. The van der Waals surface area contributed by atoms with E-state index >= 15 is 0 Å². The molecule has 5 rings (SSSR count). The first kappa shape index (κ1) is 28.5. The summed E-state index contributed by atoms with van der Waals surface area (Å²) in [5.74, 6) is -0.299. The zero-order chi connectivity index (χ0) is 29.6. The molecule has 0 atom stereocenters. The van der Waals surface area contributed by atoms with Crippen molar-refractivity contribution in [2.75, 3.05) is 6.61 Å². The zero-order valence-electron chi connectivity index (χ0n) is 23.1. The van der Waals surface area contributed by atoms with Crippen LogP contribution in [0.4, 0.5) is 5.69 Å². The van der Waals surface area contributed by atoms with Crippen molar-refractivity contribution in [3.8, 4) is 11.5 Å². The molecule has 11 nitrogen and oxygen atoms in total. The monoisotopic (exact) mass is 570 g/mol. The van der Waals surface area contributed by atoms with Crippen LogP contribution in [-0.2, 0) is 6.61 Å². The number of para-hydroxylation sites is 1. The van der Waals surface area contributed by atoms with Gasteiger partial charge in [0, 0.05) is 17.5 Å². The molecule has 1 saturated carbocycles. The molecule has 0 spiro atoms. The summed E-state index contributed by atoms with van der Waals surface area (Å²) in [5.41, 5.74) is 1.07. The number of nitro groups is 1. The molecule has 1 aliphatic carbocycles. The standard InChI is InChI=1S/C31H30N4O7/c1-2-41-27-17-21(16-26(35(39)40)28(27)42-19-20-12-14-23(15-13-20)31(37)38)18-32-34-29(22-8-4-3-5-9-22)33-25-11-7-6-10-24(25)30(34)36/h6-7,10-18,22H,2-5,8-9,19H2,1H3,(H,37,38). The Hall–Kier alpha value is -5.06. The molecule has 11 heteroatoms. The maximum atomic E-state index is 13.5. The van der Waals surface area contributed by atoms with Gasteiger partial charge in [0.15, 0.2) is 5.75 Å². The summed E-state index contributed by atoms with van der Waals surface area (Å²) in [5, 5.41) is 26.1. The number of hydrogen-bond acceptors (Lipinski definition) is 8. The summed E-state index contributed by atoms with van der Waals surface area (Å²) in [6.45, 7) is 1.93. The number of carboxylic acids is 1. The Morgan fingerprint density at radius 3 is 2.55 bits per heavy atom. The normalized spacial score (nSPS) is 13.8. The largest absolute Gasteiger partial charge is 0.490 e. The number of nitrogens with zero attached hydrogens (tertiary/aromatic N) is 4. The number of nitro benzene ring substituents is 1. The lowest BCUT2D eigenvalue weighted by molar-refractivity contribution is -0.386. The molecule has 0 bridgehead atoms. The number of hydrogen-bond donors (Lipinski definition) is 1. The van der Waals surface area contributed by atoms with Crippen molar-refractivity contribution in [1.29, 1.82) is 0 Å². The van der Waals surface area contributed by atoms with E-state index < -0.39 is 10.9 Å². The molecule has 42 heavy (non-hydrogen) atoms. The first-order valence-corrected chi connectivity index (χ1v) is 13.8. The molecule has 1 aromatic heterocycles. The van der Waals surface area contributed by atoms with Crippen molar-refractivity contribution in [3.63, 3.8) is 0 Å². The van der Waals surface area contributed by atoms with Gasteiger partial charge in [-0.05, 0) is 55.7 Å². The Bertz CT molecular complexity index is 1710. The van der Waals surface area contributed by atoms with Gasteiger partial charge in [-0.1, -0.05) is 43.5 Å². The molecule has 1 aliphatic rings. The van der Waals surface area contributed by atoms with E-state index in [4.69, 9.17) is 19.6 Å². The predicted octanol–water partition coefficient (Wildman–Crippen LogP) is 5.91. The van der Waals surface area contributed by atoms with Crippen LogP contribution in [0.25, 0.3) is 10.9 Å². The Kier molecular flexibility index (Phi) is 8.56. The highest BCUT2D eigenvalue weighted by Crippen LogP contribution is 2.39. The van der Waals surface area contributed by atoms with Gasteiger partial charge in [-0.15, -0.1) is 0 Å². The molecule has 1 heterocycles. The molecule has 216 valence electrons. The Morgan fingerprint density at radius 1 is 1.12 bits per heavy atom. The molecule has 0 unspecified atom stereocenters. The van der Waals surface area contributed by atoms with Gasteiger partial charge in [0.2, 0.25) is 5.75 Å². The molecule has 0 amide bonds. The molecular formula is C31H30N4O7. The molecule has 0 radical (unpaired) electrons. The predicted molar refractivity (Wildman–Crippen MR) is 157 cm³/mol. The summed E-state index contributed by atoms with van der Waals surface area (Å²) in [7, 11) is 0. The van der Waals surface area contributed by atoms with E-state index in [0.717, 1.165) is 32.1 Å². The van der Waals surface area contributed by atoms with E-state index in [2.05, 4.69) is 5.10 Å². The van der Waals surface area contributed by atoms with Gasteiger partial charge < -0.3 is 14.6 Å². The lowest BCUT2D eigenvalue weighted by Crippen LogP contribution is -2.25. The Labute approximate surface area is 241 Å². The fourth-order valence-electron chi connectivity index (χ4n) is 5.13. The van der Waals surface area contributed by atoms with Gasteiger partial charge in [0.25, 0.3) is 5.56 Å². The topological polar surface area (TPSA) is 146 Å². The van der Waals surface area contributed by atoms with E-state index in [1.54, 1.807) is 37.3 Å². The highest BCUT2D eigenvalue weighted by atomic mass is 16.6. The van der Waals surface area contributed by atoms with Crippen molar-refractivity contribution >= 4 is 28.8 Å². The third-order valence-electron chi connectivity index (χ3n) is 7.21. The average Bonchev–Trinajstić information content (AvgIpc) is 3.00. The van der Waals surface area contributed by atoms with Crippen LogP contribution in [-0.4, -0.2) is 38.5 Å². The van der Waals surface area contributed by atoms with Gasteiger partial charge in [-0.3, -0.25) is 14.9 Å². The number of carbonyl (C=O) groups is 1. The maximum Gasteiger partial charge on any atom is 0.335 e.